The molecule has 0 radical (unpaired) electrons. The van der Waals surface area contributed by atoms with Crippen LogP contribution in [0.5, 0.6) is 0 Å². The van der Waals surface area contributed by atoms with Crippen molar-refractivity contribution in [2.75, 3.05) is 19.4 Å². The Morgan fingerprint density at radius 2 is 2.18 bits per heavy atom. The summed E-state index contributed by atoms with van der Waals surface area (Å²) in [5.74, 6) is -1.45. The van der Waals surface area contributed by atoms with Crippen LogP contribution in [0.15, 0.2) is 18.2 Å². The summed E-state index contributed by atoms with van der Waals surface area (Å²) in [6.07, 6.45) is 0.0823. The molecule has 0 atom stereocenters. The molecule has 1 rings (SSSR count). The minimum Gasteiger partial charge on any atom is -0.462 e. The van der Waals surface area contributed by atoms with Crippen LogP contribution in [0.1, 0.15) is 16.8 Å². The SMILES string of the molecule is CNC(=O)CCOC(=O)c1ccc(F)c(N)c1. The molecule has 0 saturated heterocycles. The van der Waals surface area contributed by atoms with Crippen molar-refractivity contribution >= 4 is 17.6 Å². The topological polar surface area (TPSA) is 81.4 Å². The van der Waals surface area contributed by atoms with E-state index in [2.05, 4.69) is 5.32 Å². The Kier molecular flexibility index (Phi) is 4.45. The van der Waals surface area contributed by atoms with Crippen LogP contribution in [0.2, 0.25) is 0 Å². The molecule has 0 aromatic heterocycles. The number of carbonyl (C=O) groups is 2. The van der Waals surface area contributed by atoms with Crippen molar-refractivity contribution in [3.8, 4) is 0 Å². The van der Waals surface area contributed by atoms with Gasteiger partial charge in [-0.25, -0.2) is 9.18 Å². The number of amides is 1. The number of hydrogen-bond acceptors (Lipinski definition) is 4. The number of nitrogens with two attached hydrogens (primary N) is 1. The summed E-state index contributed by atoms with van der Waals surface area (Å²) in [6, 6.07) is 3.55. The second-order valence-corrected chi connectivity index (χ2v) is 3.30. The number of nitrogen functional groups attached to an aromatic ring is 1. The number of nitrogens with one attached hydrogen (secondary N) is 1. The summed E-state index contributed by atoms with van der Waals surface area (Å²) in [4.78, 5) is 22.3. The number of ether oxygens (including phenoxy) is 1. The van der Waals surface area contributed by atoms with E-state index in [1.807, 2.05) is 0 Å². The number of hydrogen-bond donors (Lipinski definition) is 2. The summed E-state index contributed by atoms with van der Waals surface area (Å²) in [5.41, 5.74) is 5.34. The van der Waals surface area contributed by atoms with Crippen LogP contribution in [0.25, 0.3) is 0 Å². The first kappa shape index (κ1) is 13.0. The molecule has 1 aromatic carbocycles. The molecule has 0 bridgehead atoms. The van der Waals surface area contributed by atoms with Crippen LogP contribution in [0, 0.1) is 5.82 Å². The fourth-order valence-electron chi connectivity index (χ4n) is 1.12. The molecule has 0 heterocycles. The van der Waals surface area contributed by atoms with E-state index in [-0.39, 0.29) is 30.2 Å². The third-order valence-corrected chi connectivity index (χ3v) is 2.07. The third kappa shape index (κ3) is 3.75. The monoisotopic (exact) mass is 240 g/mol. The summed E-state index contributed by atoms with van der Waals surface area (Å²) >= 11 is 0. The van der Waals surface area contributed by atoms with Crippen molar-refractivity contribution in [3.05, 3.63) is 29.6 Å². The van der Waals surface area contributed by atoms with Crippen molar-refractivity contribution in [2.45, 2.75) is 6.42 Å². The number of carbonyl (C=O) groups excluding carboxylic acids is 2. The minimum absolute atomic E-state index is 0.0320. The van der Waals surface area contributed by atoms with E-state index in [9.17, 15) is 14.0 Å². The maximum atomic E-state index is 12.8. The molecule has 92 valence electrons. The number of benzene rings is 1. The largest absolute Gasteiger partial charge is 0.462 e. The van der Waals surface area contributed by atoms with Crippen LogP contribution < -0.4 is 11.1 Å². The molecule has 3 N–H and O–H groups in total. The van der Waals surface area contributed by atoms with Gasteiger partial charge in [0.05, 0.1) is 17.7 Å². The fourth-order valence-corrected chi connectivity index (χ4v) is 1.12. The Balaban J connectivity index is 2.52. The predicted octanol–water partition coefficient (Wildman–Crippen LogP) is 0.701. The average molecular weight is 240 g/mol. The maximum Gasteiger partial charge on any atom is 0.338 e. The number of halogens is 1. The van der Waals surface area contributed by atoms with Crippen LogP contribution in [0.3, 0.4) is 0 Å². The normalized spacial score (nSPS) is 9.76. The zero-order valence-corrected chi connectivity index (χ0v) is 9.33. The lowest BCUT2D eigenvalue weighted by molar-refractivity contribution is -0.121. The van der Waals surface area contributed by atoms with Crippen molar-refractivity contribution in [1.82, 2.24) is 5.32 Å². The highest BCUT2D eigenvalue weighted by Gasteiger charge is 2.10. The van der Waals surface area contributed by atoms with Crippen LogP contribution in [0.4, 0.5) is 10.1 Å². The van der Waals surface area contributed by atoms with Gasteiger partial charge < -0.3 is 15.8 Å². The van der Waals surface area contributed by atoms with Crippen molar-refractivity contribution < 1.29 is 18.7 Å². The van der Waals surface area contributed by atoms with Gasteiger partial charge in [0.15, 0.2) is 0 Å². The van der Waals surface area contributed by atoms with Gasteiger partial charge in [-0.1, -0.05) is 0 Å². The van der Waals surface area contributed by atoms with E-state index in [4.69, 9.17) is 10.5 Å². The minimum atomic E-state index is -0.638. The predicted molar refractivity (Wildman–Crippen MR) is 59.8 cm³/mol. The van der Waals surface area contributed by atoms with E-state index in [1.54, 1.807) is 0 Å². The molecule has 1 amide bonds. The lowest BCUT2D eigenvalue weighted by Gasteiger charge is -2.05. The second kappa shape index (κ2) is 5.83. The Morgan fingerprint density at radius 1 is 1.47 bits per heavy atom. The molecule has 6 heteroatoms. The molecular weight excluding hydrogens is 227 g/mol. The van der Waals surface area contributed by atoms with Gasteiger partial charge in [0.25, 0.3) is 0 Å². The number of esters is 1. The zero-order chi connectivity index (χ0) is 12.8. The van der Waals surface area contributed by atoms with E-state index >= 15 is 0 Å². The summed E-state index contributed by atoms with van der Waals surface area (Å²) in [7, 11) is 1.49. The van der Waals surface area contributed by atoms with E-state index in [1.165, 1.54) is 19.2 Å². The smallest absolute Gasteiger partial charge is 0.338 e. The highest BCUT2D eigenvalue weighted by Crippen LogP contribution is 2.13. The maximum absolute atomic E-state index is 12.8. The van der Waals surface area contributed by atoms with Gasteiger partial charge in [-0.15, -0.1) is 0 Å². The first-order valence-electron chi connectivity index (χ1n) is 4.97. The third-order valence-electron chi connectivity index (χ3n) is 2.07. The molecule has 0 aliphatic carbocycles. The Bertz CT molecular complexity index is 435. The van der Waals surface area contributed by atoms with Crippen molar-refractivity contribution in [2.24, 2.45) is 0 Å². The van der Waals surface area contributed by atoms with Crippen molar-refractivity contribution in [3.63, 3.8) is 0 Å². The number of rotatable bonds is 4. The molecule has 0 saturated carbocycles. The molecule has 0 unspecified atom stereocenters. The molecule has 0 spiro atoms. The van der Waals surface area contributed by atoms with Gasteiger partial charge in [0.2, 0.25) is 5.91 Å². The lowest BCUT2D eigenvalue weighted by Crippen LogP contribution is -2.20. The van der Waals surface area contributed by atoms with E-state index < -0.39 is 11.8 Å². The molecular formula is C11H13FN2O3. The van der Waals surface area contributed by atoms with Gasteiger partial charge in [-0.2, -0.15) is 0 Å². The van der Waals surface area contributed by atoms with Crippen LogP contribution in [-0.4, -0.2) is 25.5 Å². The Morgan fingerprint density at radius 3 is 2.76 bits per heavy atom. The molecule has 0 aliphatic heterocycles. The van der Waals surface area contributed by atoms with Gasteiger partial charge >= 0.3 is 5.97 Å². The lowest BCUT2D eigenvalue weighted by atomic mass is 10.2. The second-order valence-electron chi connectivity index (χ2n) is 3.30. The van der Waals surface area contributed by atoms with Crippen LogP contribution >= 0.6 is 0 Å². The fraction of sp³-hybridized carbons (Fsp3) is 0.273. The standard InChI is InChI=1S/C11H13FN2O3/c1-14-10(15)4-5-17-11(16)7-2-3-8(12)9(13)6-7/h2-3,6H,4-5,13H2,1H3,(H,14,15). The summed E-state index contributed by atoms with van der Waals surface area (Å²) < 4.78 is 17.7. The van der Waals surface area contributed by atoms with Gasteiger partial charge in [-0.3, -0.25) is 4.79 Å². The van der Waals surface area contributed by atoms with Gasteiger partial charge in [0, 0.05) is 7.05 Å². The highest BCUT2D eigenvalue weighted by atomic mass is 19.1. The summed E-state index contributed by atoms with van der Waals surface area (Å²) in [5, 5.41) is 2.40. The number of anilines is 1. The summed E-state index contributed by atoms with van der Waals surface area (Å²) in [6.45, 7) is -0.0320. The Hall–Kier alpha value is -2.11. The molecule has 5 nitrogen and oxygen atoms in total. The molecule has 17 heavy (non-hydrogen) atoms. The average Bonchev–Trinajstić information content (AvgIpc) is 2.32. The Labute approximate surface area is 97.7 Å². The van der Waals surface area contributed by atoms with Crippen molar-refractivity contribution in [1.29, 1.82) is 0 Å². The molecule has 0 fully saturated rings. The van der Waals surface area contributed by atoms with Crippen LogP contribution in [-0.2, 0) is 9.53 Å². The van der Waals surface area contributed by atoms with E-state index in [0.717, 1.165) is 6.07 Å². The van der Waals surface area contributed by atoms with Gasteiger partial charge in [-0.05, 0) is 18.2 Å². The van der Waals surface area contributed by atoms with E-state index in [0.29, 0.717) is 0 Å². The molecule has 1 aromatic rings. The first-order chi connectivity index (χ1) is 8.04. The first-order valence-corrected chi connectivity index (χ1v) is 4.97. The zero-order valence-electron chi connectivity index (χ0n) is 9.33. The highest BCUT2D eigenvalue weighted by molar-refractivity contribution is 5.90. The van der Waals surface area contributed by atoms with Gasteiger partial charge in [0.1, 0.15) is 12.4 Å². The molecule has 0 aliphatic rings. The quantitative estimate of drug-likeness (QED) is 0.599.